The molecule has 7 heteroatoms. The van der Waals surface area contributed by atoms with E-state index in [1.165, 1.54) is 6.07 Å². The Bertz CT molecular complexity index is 933. The van der Waals surface area contributed by atoms with Gasteiger partial charge < -0.3 is 10.2 Å². The number of nitrogens with zero attached hydrogens (tertiary/aromatic N) is 2. The first kappa shape index (κ1) is 19.1. The van der Waals surface area contributed by atoms with Crippen LogP contribution in [0.5, 0.6) is 0 Å². The first-order valence-electron chi connectivity index (χ1n) is 9.93. The van der Waals surface area contributed by atoms with Crippen molar-refractivity contribution in [3.8, 4) is 0 Å². The average Bonchev–Trinajstić information content (AvgIpc) is 3.61. The Labute approximate surface area is 168 Å². The van der Waals surface area contributed by atoms with Crippen molar-refractivity contribution in [1.29, 1.82) is 0 Å². The molecule has 0 heterocycles. The minimum Gasteiger partial charge on any atom is -0.349 e. The van der Waals surface area contributed by atoms with Crippen molar-refractivity contribution in [3.05, 3.63) is 75.3 Å². The molecule has 2 fully saturated rings. The van der Waals surface area contributed by atoms with Crippen LogP contribution in [0.1, 0.15) is 47.2 Å². The van der Waals surface area contributed by atoms with Crippen LogP contribution in [-0.4, -0.2) is 33.7 Å². The first-order chi connectivity index (χ1) is 14.0. The Morgan fingerprint density at radius 1 is 1.03 bits per heavy atom. The molecule has 2 saturated carbocycles. The van der Waals surface area contributed by atoms with Gasteiger partial charge in [0.25, 0.3) is 11.6 Å². The van der Waals surface area contributed by atoms with Crippen molar-refractivity contribution >= 4 is 17.5 Å². The van der Waals surface area contributed by atoms with Gasteiger partial charge in [-0.25, -0.2) is 0 Å². The second-order valence-corrected chi connectivity index (χ2v) is 7.76. The quantitative estimate of drug-likeness (QED) is 0.550. The van der Waals surface area contributed by atoms with Crippen LogP contribution in [0.4, 0.5) is 5.69 Å². The normalized spacial score (nSPS) is 15.6. The molecule has 0 unspecified atom stereocenters. The van der Waals surface area contributed by atoms with Gasteiger partial charge in [0.1, 0.15) is 0 Å². The fourth-order valence-corrected chi connectivity index (χ4v) is 3.36. The minimum absolute atomic E-state index is 0.00946. The van der Waals surface area contributed by atoms with Crippen LogP contribution in [-0.2, 0) is 17.8 Å². The second kappa shape index (κ2) is 8.03. The van der Waals surface area contributed by atoms with Crippen molar-refractivity contribution in [2.75, 3.05) is 0 Å². The van der Waals surface area contributed by atoms with Crippen LogP contribution in [0.25, 0.3) is 0 Å². The summed E-state index contributed by atoms with van der Waals surface area (Å²) in [4.78, 5) is 37.6. The molecular weight excluding hydrogens is 370 g/mol. The van der Waals surface area contributed by atoms with Crippen molar-refractivity contribution in [2.24, 2.45) is 0 Å². The van der Waals surface area contributed by atoms with E-state index in [1.54, 1.807) is 35.2 Å². The maximum Gasteiger partial charge on any atom is 0.273 e. The molecule has 0 bridgehead atoms. The highest BCUT2D eigenvalue weighted by Gasteiger charge is 2.33. The van der Waals surface area contributed by atoms with E-state index in [9.17, 15) is 19.7 Å². The van der Waals surface area contributed by atoms with E-state index in [4.69, 9.17) is 0 Å². The van der Waals surface area contributed by atoms with E-state index in [-0.39, 0.29) is 30.0 Å². The first-order valence-corrected chi connectivity index (χ1v) is 9.93. The summed E-state index contributed by atoms with van der Waals surface area (Å²) in [5.74, 6) is -0.178. The largest absolute Gasteiger partial charge is 0.349 e. The van der Waals surface area contributed by atoms with E-state index < -0.39 is 4.92 Å². The Morgan fingerprint density at radius 3 is 2.34 bits per heavy atom. The fourth-order valence-electron chi connectivity index (χ4n) is 3.36. The molecule has 7 nitrogen and oxygen atoms in total. The third-order valence-electron chi connectivity index (χ3n) is 5.32. The number of carbonyl (C=O) groups excluding carboxylic acids is 2. The molecule has 0 radical (unpaired) electrons. The highest BCUT2D eigenvalue weighted by molar-refractivity contribution is 5.94. The van der Waals surface area contributed by atoms with Gasteiger partial charge in [0.15, 0.2) is 0 Å². The van der Waals surface area contributed by atoms with E-state index in [1.807, 2.05) is 12.1 Å². The molecule has 0 saturated heterocycles. The zero-order valence-electron chi connectivity index (χ0n) is 16.0. The zero-order chi connectivity index (χ0) is 20.4. The van der Waals surface area contributed by atoms with Gasteiger partial charge in [-0.05, 0) is 43.4 Å². The second-order valence-electron chi connectivity index (χ2n) is 7.76. The maximum atomic E-state index is 12.9. The summed E-state index contributed by atoms with van der Waals surface area (Å²) < 4.78 is 0. The van der Waals surface area contributed by atoms with Gasteiger partial charge in [0.2, 0.25) is 5.91 Å². The van der Waals surface area contributed by atoms with Gasteiger partial charge in [-0.3, -0.25) is 19.7 Å². The molecule has 0 atom stereocenters. The summed E-state index contributed by atoms with van der Waals surface area (Å²) in [6, 6.07) is 14.2. The van der Waals surface area contributed by atoms with Crippen LogP contribution < -0.4 is 5.32 Å². The van der Waals surface area contributed by atoms with Crippen LogP contribution in [0.2, 0.25) is 0 Å². The summed E-state index contributed by atoms with van der Waals surface area (Å²) in [7, 11) is 0. The molecule has 0 spiro atoms. The predicted molar refractivity (Wildman–Crippen MR) is 107 cm³/mol. The number of hydrogen-bond acceptors (Lipinski definition) is 4. The molecular formula is C22H23N3O4. The standard InChI is InChI=1S/C22H23N3O4/c26-21(13-17-3-1-2-4-20(17)25(28)29)24(19-11-12-19)14-15-5-7-16(8-6-15)22(27)23-18-9-10-18/h1-8,18-19H,9-14H2,(H,23,27). The van der Waals surface area contributed by atoms with Crippen molar-refractivity contribution in [1.82, 2.24) is 10.2 Å². The van der Waals surface area contributed by atoms with E-state index in [0.717, 1.165) is 31.2 Å². The number of rotatable bonds is 8. The lowest BCUT2D eigenvalue weighted by Crippen LogP contribution is -2.34. The lowest BCUT2D eigenvalue weighted by molar-refractivity contribution is -0.385. The molecule has 2 amide bonds. The molecule has 0 aliphatic heterocycles. The van der Waals surface area contributed by atoms with Crippen molar-refractivity contribution < 1.29 is 14.5 Å². The highest BCUT2D eigenvalue weighted by Crippen LogP contribution is 2.30. The predicted octanol–water partition coefficient (Wildman–Crippen LogP) is 3.22. The van der Waals surface area contributed by atoms with E-state index >= 15 is 0 Å². The lowest BCUT2D eigenvalue weighted by Gasteiger charge is -2.23. The zero-order valence-corrected chi connectivity index (χ0v) is 16.0. The average molecular weight is 393 g/mol. The van der Waals surface area contributed by atoms with E-state index in [2.05, 4.69) is 5.32 Å². The number of benzene rings is 2. The van der Waals surface area contributed by atoms with Gasteiger partial charge in [-0.2, -0.15) is 0 Å². The molecule has 29 heavy (non-hydrogen) atoms. The molecule has 150 valence electrons. The van der Waals surface area contributed by atoms with Gasteiger partial charge in [0.05, 0.1) is 11.3 Å². The van der Waals surface area contributed by atoms with Crippen LogP contribution in [0.15, 0.2) is 48.5 Å². The number of nitro groups is 1. The third kappa shape index (κ3) is 4.80. The molecule has 2 aliphatic rings. The molecule has 1 N–H and O–H groups in total. The summed E-state index contributed by atoms with van der Waals surface area (Å²) in [5, 5.41) is 14.2. The summed E-state index contributed by atoms with van der Waals surface area (Å²) in [5.41, 5.74) is 1.96. The lowest BCUT2D eigenvalue weighted by atomic mass is 10.1. The Hall–Kier alpha value is -3.22. The smallest absolute Gasteiger partial charge is 0.273 e. The van der Waals surface area contributed by atoms with Crippen molar-refractivity contribution in [3.63, 3.8) is 0 Å². The SMILES string of the molecule is O=C(NC1CC1)c1ccc(CN(C(=O)Cc2ccccc2[N+](=O)[O-])C2CC2)cc1. The van der Waals surface area contributed by atoms with Gasteiger partial charge in [-0.15, -0.1) is 0 Å². The monoisotopic (exact) mass is 393 g/mol. The molecule has 0 aromatic heterocycles. The van der Waals surface area contributed by atoms with Gasteiger partial charge in [-0.1, -0.05) is 30.3 Å². The summed E-state index contributed by atoms with van der Waals surface area (Å²) in [6.07, 6.45) is 3.99. The molecule has 4 rings (SSSR count). The van der Waals surface area contributed by atoms with Gasteiger partial charge >= 0.3 is 0 Å². The molecule has 2 aromatic carbocycles. The topological polar surface area (TPSA) is 92.6 Å². The summed E-state index contributed by atoms with van der Waals surface area (Å²) >= 11 is 0. The molecule has 2 aliphatic carbocycles. The highest BCUT2D eigenvalue weighted by atomic mass is 16.6. The number of para-hydroxylation sites is 1. The number of nitro benzene ring substituents is 1. The number of nitrogens with one attached hydrogen (secondary N) is 1. The van der Waals surface area contributed by atoms with Gasteiger partial charge in [0, 0.05) is 35.8 Å². The number of carbonyl (C=O) groups is 2. The van der Waals surface area contributed by atoms with E-state index in [0.29, 0.717) is 23.7 Å². The minimum atomic E-state index is -0.449. The Balaban J connectivity index is 1.43. The Kier molecular flexibility index (Phi) is 5.29. The van der Waals surface area contributed by atoms with Crippen LogP contribution in [0.3, 0.4) is 0 Å². The number of hydrogen-bond donors (Lipinski definition) is 1. The number of amides is 2. The maximum absolute atomic E-state index is 12.9. The molecule has 2 aromatic rings. The summed E-state index contributed by atoms with van der Waals surface area (Å²) in [6.45, 7) is 0.439. The third-order valence-corrected chi connectivity index (χ3v) is 5.32. The van der Waals surface area contributed by atoms with Crippen LogP contribution >= 0.6 is 0 Å². The Morgan fingerprint density at radius 2 is 1.72 bits per heavy atom. The van der Waals surface area contributed by atoms with Crippen LogP contribution in [0, 0.1) is 10.1 Å². The van der Waals surface area contributed by atoms with Crippen molar-refractivity contribution in [2.45, 2.75) is 50.7 Å². The fraction of sp³-hybridized carbons (Fsp3) is 0.364.